The molecule has 2 aromatic heterocycles. The summed E-state index contributed by atoms with van der Waals surface area (Å²) in [6.45, 7) is 3.07. The van der Waals surface area contributed by atoms with Crippen LogP contribution in [0.3, 0.4) is 0 Å². The van der Waals surface area contributed by atoms with Crippen LogP contribution in [-0.2, 0) is 6.42 Å². The molecule has 0 aromatic carbocycles. The number of aromatic nitrogens is 1. The van der Waals surface area contributed by atoms with Crippen LogP contribution in [0.1, 0.15) is 36.9 Å². The summed E-state index contributed by atoms with van der Waals surface area (Å²) in [5, 5.41) is 7.73. The number of halogens is 1. The largest absolute Gasteiger partial charge is 0.310 e. The molecule has 0 spiro atoms. The average molecular weight is 278 g/mol. The second-order valence-electron chi connectivity index (χ2n) is 4.61. The molecule has 0 aliphatic rings. The molecule has 0 radical (unpaired) electrons. The highest BCUT2D eigenvalue weighted by atomic mass is 32.1. The van der Waals surface area contributed by atoms with Crippen LogP contribution in [0.2, 0.25) is 0 Å². The average Bonchev–Trinajstić information content (AvgIpc) is 2.92. The number of rotatable bonds is 7. The highest BCUT2D eigenvalue weighted by molar-refractivity contribution is 7.07. The molecule has 19 heavy (non-hydrogen) atoms. The molecule has 2 rings (SSSR count). The summed E-state index contributed by atoms with van der Waals surface area (Å²) in [6, 6.07) is 3.89. The third kappa shape index (κ3) is 4.40. The maximum absolute atomic E-state index is 13.3. The van der Waals surface area contributed by atoms with E-state index in [1.165, 1.54) is 11.8 Å². The maximum Gasteiger partial charge on any atom is 0.141 e. The van der Waals surface area contributed by atoms with Crippen LogP contribution in [0.25, 0.3) is 0 Å². The fourth-order valence-electron chi connectivity index (χ4n) is 2.07. The van der Waals surface area contributed by atoms with Crippen molar-refractivity contribution in [1.82, 2.24) is 10.3 Å². The van der Waals surface area contributed by atoms with Crippen molar-refractivity contribution in [3.8, 4) is 0 Å². The van der Waals surface area contributed by atoms with E-state index < -0.39 is 0 Å². The molecule has 0 saturated carbocycles. The van der Waals surface area contributed by atoms with Gasteiger partial charge in [0.2, 0.25) is 0 Å². The van der Waals surface area contributed by atoms with Crippen LogP contribution < -0.4 is 5.32 Å². The van der Waals surface area contributed by atoms with Crippen molar-refractivity contribution in [2.45, 2.75) is 32.2 Å². The predicted octanol–water partition coefficient (Wildman–Crippen LogP) is 3.96. The lowest BCUT2D eigenvalue weighted by Gasteiger charge is -2.18. The van der Waals surface area contributed by atoms with Gasteiger partial charge in [0.25, 0.3) is 0 Å². The molecule has 1 N–H and O–H groups in total. The van der Waals surface area contributed by atoms with Crippen molar-refractivity contribution < 1.29 is 4.39 Å². The topological polar surface area (TPSA) is 24.9 Å². The van der Waals surface area contributed by atoms with Crippen molar-refractivity contribution >= 4 is 11.3 Å². The van der Waals surface area contributed by atoms with E-state index >= 15 is 0 Å². The summed E-state index contributed by atoms with van der Waals surface area (Å²) in [5.41, 5.74) is 2.28. The maximum atomic E-state index is 13.3. The first-order valence-electron chi connectivity index (χ1n) is 6.64. The van der Waals surface area contributed by atoms with Gasteiger partial charge in [-0.2, -0.15) is 11.3 Å². The van der Waals surface area contributed by atoms with Crippen LogP contribution in [0.4, 0.5) is 4.39 Å². The zero-order chi connectivity index (χ0) is 13.5. The number of nitrogens with one attached hydrogen (secondary N) is 1. The first-order valence-corrected chi connectivity index (χ1v) is 7.58. The van der Waals surface area contributed by atoms with Crippen LogP contribution in [0, 0.1) is 5.82 Å². The van der Waals surface area contributed by atoms with E-state index in [9.17, 15) is 4.39 Å². The zero-order valence-electron chi connectivity index (χ0n) is 11.1. The molecule has 0 aliphatic carbocycles. The van der Waals surface area contributed by atoms with Gasteiger partial charge in [-0.3, -0.25) is 4.98 Å². The summed E-state index contributed by atoms with van der Waals surface area (Å²) in [7, 11) is 0. The van der Waals surface area contributed by atoms with Gasteiger partial charge in [-0.05, 0) is 59.8 Å². The predicted molar refractivity (Wildman–Crippen MR) is 77.9 cm³/mol. The minimum atomic E-state index is -0.267. The van der Waals surface area contributed by atoms with Gasteiger partial charge in [0.05, 0.1) is 6.20 Å². The van der Waals surface area contributed by atoms with Crippen molar-refractivity contribution in [3.05, 3.63) is 52.2 Å². The molecule has 4 heteroatoms. The Balaban J connectivity index is 2.02. The van der Waals surface area contributed by atoms with Gasteiger partial charge in [-0.1, -0.05) is 6.92 Å². The van der Waals surface area contributed by atoms with Crippen molar-refractivity contribution in [1.29, 1.82) is 0 Å². The van der Waals surface area contributed by atoms with Crippen LogP contribution in [0.5, 0.6) is 0 Å². The summed E-state index contributed by atoms with van der Waals surface area (Å²) in [5.74, 6) is -0.267. The van der Waals surface area contributed by atoms with E-state index in [4.69, 9.17) is 0 Å². The summed E-state index contributed by atoms with van der Waals surface area (Å²) < 4.78 is 13.3. The zero-order valence-corrected chi connectivity index (χ0v) is 11.9. The molecule has 0 amide bonds. The number of hydrogen-bond donors (Lipinski definition) is 1. The first kappa shape index (κ1) is 14.2. The van der Waals surface area contributed by atoms with Gasteiger partial charge >= 0.3 is 0 Å². The summed E-state index contributed by atoms with van der Waals surface area (Å²) in [6.07, 6.45) is 6.03. The van der Waals surface area contributed by atoms with Gasteiger partial charge in [0.1, 0.15) is 5.82 Å². The van der Waals surface area contributed by atoms with Gasteiger partial charge in [0.15, 0.2) is 0 Å². The van der Waals surface area contributed by atoms with Crippen molar-refractivity contribution in [3.63, 3.8) is 0 Å². The molecule has 0 saturated heterocycles. The number of nitrogens with zero attached hydrogens (tertiary/aromatic N) is 1. The Hall–Kier alpha value is -1.26. The monoisotopic (exact) mass is 278 g/mol. The van der Waals surface area contributed by atoms with E-state index in [2.05, 4.69) is 34.1 Å². The third-order valence-electron chi connectivity index (χ3n) is 3.07. The smallest absolute Gasteiger partial charge is 0.141 e. The van der Waals surface area contributed by atoms with Gasteiger partial charge in [0, 0.05) is 12.2 Å². The van der Waals surface area contributed by atoms with E-state index in [1.807, 2.05) is 0 Å². The quantitative estimate of drug-likeness (QED) is 0.829. The van der Waals surface area contributed by atoms with E-state index in [0.29, 0.717) is 0 Å². The normalized spacial score (nSPS) is 12.5. The molecule has 2 nitrogen and oxygen atoms in total. The highest BCUT2D eigenvalue weighted by Crippen LogP contribution is 2.20. The van der Waals surface area contributed by atoms with Crippen molar-refractivity contribution in [2.24, 2.45) is 0 Å². The Morgan fingerprint density at radius 2 is 2.32 bits per heavy atom. The minimum absolute atomic E-state index is 0.169. The Bertz CT molecular complexity index is 485. The molecule has 1 atom stereocenters. The Morgan fingerprint density at radius 3 is 3.00 bits per heavy atom. The highest BCUT2D eigenvalue weighted by Gasteiger charge is 2.12. The number of aryl methyl sites for hydroxylation is 1. The summed E-state index contributed by atoms with van der Waals surface area (Å²) >= 11 is 1.71. The Kier molecular flexibility index (Phi) is 5.48. The molecule has 2 aromatic rings. The molecule has 102 valence electrons. The SMILES string of the molecule is CCCNC(CCc1ccsc1)c1cncc(F)c1. The molecule has 0 bridgehead atoms. The molecular formula is C15H19FN2S. The first-order chi connectivity index (χ1) is 9.29. The van der Waals surface area contributed by atoms with E-state index in [1.54, 1.807) is 23.6 Å². The van der Waals surface area contributed by atoms with Crippen LogP contribution >= 0.6 is 11.3 Å². The number of hydrogen-bond acceptors (Lipinski definition) is 3. The molecule has 0 fully saturated rings. The lowest BCUT2D eigenvalue weighted by atomic mass is 10.0. The van der Waals surface area contributed by atoms with Gasteiger partial charge < -0.3 is 5.32 Å². The molecule has 1 unspecified atom stereocenters. The lowest BCUT2D eigenvalue weighted by molar-refractivity contribution is 0.494. The third-order valence-corrected chi connectivity index (χ3v) is 3.80. The standard InChI is InChI=1S/C15H19FN2S/c1-2-6-18-15(4-3-12-5-7-19-11-12)13-8-14(16)10-17-9-13/h5,7-11,15,18H,2-4,6H2,1H3. The Labute approximate surface area is 117 Å². The molecular weight excluding hydrogens is 259 g/mol. The number of thiophene rings is 1. The second-order valence-corrected chi connectivity index (χ2v) is 5.39. The second kappa shape index (κ2) is 7.36. The van der Waals surface area contributed by atoms with E-state index in [-0.39, 0.29) is 11.9 Å². The van der Waals surface area contributed by atoms with Gasteiger partial charge in [-0.25, -0.2) is 4.39 Å². The molecule has 0 aliphatic heterocycles. The minimum Gasteiger partial charge on any atom is -0.310 e. The van der Waals surface area contributed by atoms with Gasteiger partial charge in [-0.15, -0.1) is 0 Å². The fraction of sp³-hybridized carbons (Fsp3) is 0.400. The van der Waals surface area contributed by atoms with E-state index in [0.717, 1.165) is 31.4 Å². The molecule has 2 heterocycles. The fourth-order valence-corrected chi connectivity index (χ4v) is 2.77. The van der Waals surface area contributed by atoms with Crippen LogP contribution in [-0.4, -0.2) is 11.5 Å². The summed E-state index contributed by atoms with van der Waals surface area (Å²) in [4.78, 5) is 3.95. The lowest BCUT2D eigenvalue weighted by Crippen LogP contribution is -2.23. The van der Waals surface area contributed by atoms with Crippen molar-refractivity contribution in [2.75, 3.05) is 6.54 Å². The number of pyridine rings is 1. The Morgan fingerprint density at radius 1 is 1.42 bits per heavy atom. The van der Waals surface area contributed by atoms with Crippen LogP contribution in [0.15, 0.2) is 35.3 Å².